The zero-order valence-corrected chi connectivity index (χ0v) is 11.0. The van der Waals surface area contributed by atoms with Gasteiger partial charge >= 0.3 is 5.97 Å². The number of aryl methyl sites for hydroxylation is 1. The van der Waals surface area contributed by atoms with Crippen LogP contribution in [0.1, 0.15) is 23.5 Å². The van der Waals surface area contributed by atoms with E-state index in [1.165, 1.54) is 0 Å². The van der Waals surface area contributed by atoms with E-state index in [0.717, 1.165) is 11.1 Å². The molecule has 1 N–H and O–H groups in total. The fourth-order valence-electron chi connectivity index (χ4n) is 1.98. The number of halogens is 1. The molecule has 0 saturated carbocycles. The van der Waals surface area contributed by atoms with Gasteiger partial charge in [0.1, 0.15) is 0 Å². The zero-order valence-electron chi connectivity index (χ0n) is 10.3. The van der Waals surface area contributed by atoms with Crippen molar-refractivity contribution in [1.82, 2.24) is 4.98 Å². The third-order valence-corrected chi connectivity index (χ3v) is 3.27. The van der Waals surface area contributed by atoms with Crippen molar-refractivity contribution in [1.29, 1.82) is 0 Å². The normalized spacial score (nSPS) is 12.1. The molecular weight excluding hydrogens is 262 g/mol. The molecule has 1 heterocycles. The van der Waals surface area contributed by atoms with E-state index in [2.05, 4.69) is 4.98 Å². The van der Waals surface area contributed by atoms with Crippen LogP contribution < -0.4 is 0 Å². The maximum absolute atomic E-state index is 11.3. The number of rotatable bonds is 5. The number of benzene rings is 1. The zero-order chi connectivity index (χ0) is 13.7. The molecule has 1 unspecified atom stereocenters. The lowest BCUT2D eigenvalue weighted by Crippen LogP contribution is -2.12. The number of carboxylic acid groups (broad SMARTS) is 1. The van der Waals surface area contributed by atoms with Crippen molar-refractivity contribution in [2.75, 3.05) is 0 Å². The fraction of sp³-hybridized carbons (Fsp3) is 0.200. The average molecular weight is 276 g/mol. The van der Waals surface area contributed by atoms with Gasteiger partial charge in [0.25, 0.3) is 0 Å². The maximum Gasteiger partial charge on any atom is 0.311 e. The molecule has 0 aliphatic heterocycles. The Morgan fingerprint density at radius 2 is 2.00 bits per heavy atom. The molecule has 3 nitrogen and oxygen atoms in total. The highest BCUT2D eigenvalue weighted by molar-refractivity contribution is 6.30. The minimum Gasteiger partial charge on any atom is -0.481 e. The number of nitrogens with zero attached hydrogens (tertiary/aromatic N) is 1. The van der Waals surface area contributed by atoms with Gasteiger partial charge in [0, 0.05) is 17.4 Å². The first-order chi connectivity index (χ1) is 9.16. The largest absolute Gasteiger partial charge is 0.481 e. The van der Waals surface area contributed by atoms with E-state index in [-0.39, 0.29) is 0 Å². The molecule has 0 bridgehead atoms. The van der Waals surface area contributed by atoms with Gasteiger partial charge in [0.2, 0.25) is 0 Å². The molecule has 1 atom stereocenters. The van der Waals surface area contributed by atoms with E-state index in [9.17, 15) is 9.90 Å². The summed E-state index contributed by atoms with van der Waals surface area (Å²) in [6.45, 7) is 0. The number of hydrogen-bond acceptors (Lipinski definition) is 2. The first-order valence-electron chi connectivity index (χ1n) is 6.04. The predicted molar refractivity (Wildman–Crippen MR) is 74.4 cm³/mol. The molecular formula is C15H14ClNO2. The first kappa shape index (κ1) is 13.6. The predicted octanol–water partition coefficient (Wildman–Crippen LogP) is 3.54. The molecule has 19 heavy (non-hydrogen) atoms. The van der Waals surface area contributed by atoms with E-state index >= 15 is 0 Å². The fourth-order valence-corrected chi connectivity index (χ4v) is 2.10. The van der Waals surface area contributed by atoms with Crippen molar-refractivity contribution in [3.8, 4) is 0 Å². The number of hydrogen-bond donors (Lipinski definition) is 1. The third kappa shape index (κ3) is 3.80. The van der Waals surface area contributed by atoms with Crippen LogP contribution in [0.5, 0.6) is 0 Å². The van der Waals surface area contributed by atoms with Crippen molar-refractivity contribution in [2.24, 2.45) is 0 Å². The lowest BCUT2D eigenvalue weighted by atomic mass is 9.93. The molecule has 0 amide bonds. The Morgan fingerprint density at radius 1 is 1.26 bits per heavy atom. The number of carboxylic acids is 1. The highest BCUT2D eigenvalue weighted by atomic mass is 35.5. The number of carbonyl (C=O) groups is 1. The van der Waals surface area contributed by atoms with Gasteiger partial charge in [-0.05, 0) is 42.2 Å². The SMILES string of the molecule is O=C(O)C(CCc1ccc(Cl)cc1)c1cccnc1. The van der Waals surface area contributed by atoms with Gasteiger partial charge in [0.15, 0.2) is 0 Å². The monoisotopic (exact) mass is 275 g/mol. The maximum atomic E-state index is 11.3. The van der Waals surface area contributed by atoms with Crippen LogP contribution in [0.15, 0.2) is 48.8 Å². The highest BCUT2D eigenvalue weighted by Crippen LogP contribution is 2.22. The summed E-state index contributed by atoms with van der Waals surface area (Å²) in [6, 6.07) is 11.0. The van der Waals surface area contributed by atoms with Crippen LogP contribution in [0.2, 0.25) is 5.02 Å². The van der Waals surface area contributed by atoms with Crippen LogP contribution in [-0.2, 0) is 11.2 Å². The van der Waals surface area contributed by atoms with Crippen LogP contribution in [0.25, 0.3) is 0 Å². The molecule has 0 spiro atoms. The van der Waals surface area contributed by atoms with Gasteiger partial charge in [0.05, 0.1) is 5.92 Å². The number of pyridine rings is 1. The van der Waals surface area contributed by atoms with Crippen molar-refractivity contribution >= 4 is 17.6 Å². The van der Waals surface area contributed by atoms with Gasteiger partial charge in [-0.15, -0.1) is 0 Å². The standard InChI is InChI=1S/C15H14ClNO2/c16-13-6-3-11(4-7-13)5-8-14(15(18)19)12-2-1-9-17-10-12/h1-4,6-7,9-10,14H,5,8H2,(H,18,19). The Hall–Kier alpha value is -1.87. The van der Waals surface area contributed by atoms with Crippen molar-refractivity contribution in [3.05, 3.63) is 64.9 Å². The molecule has 98 valence electrons. The second-order valence-corrected chi connectivity index (χ2v) is 4.78. The van der Waals surface area contributed by atoms with Crippen LogP contribution in [0, 0.1) is 0 Å². The quantitative estimate of drug-likeness (QED) is 0.908. The summed E-state index contributed by atoms with van der Waals surface area (Å²) < 4.78 is 0. The molecule has 1 aromatic carbocycles. The number of aromatic nitrogens is 1. The molecule has 4 heteroatoms. The Labute approximate surface area is 116 Å². The van der Waals surface area contributed by atoms with E-state index in [1.807, 2.05) is 24.3 Å². The molecule has 0 fully saturated rings. The van der Waals surface area contributed by atoms with Crippen molar-refractivity contribution < 1.29 is 9.90 Å². The lowest BCUT2D eigenvalue weighted by molar-refractivity contribution is -0.138. The van der Waals surface area contributed by atoms with E-state index in [1.54, 1.807) is 24.5 Å². The van der Waals surface area contributed by atoms with E-state index in [0.29, 0.717) is 17.9 Å². The second kappa shape index (κ2) is 6.34. The molecule has 0 aliphatic rings. The molecule has 0 aliphatic carbocycles. The average Bonchev–Trinajstić information content (AvgIpc) is 2.42. The highest BCUT2D eigenvalue weighted by Gasteiger charge is 2.19. The van der Waals surface area contributed by atoms with Crippen LogP contribution in [0.4, 0.5) is 0 Å². The summed E-state index contributed by atoms with van der Waals surface area (Å²) in [6.07, 6.45) is 4.49. The Bertz CT molecular complexity index is 540. The Kier molecular flexibility index (Phi) is 4.53. The van der Waals surface area contributed by atoms with Gasteiger partial charge in [-0.2, -0.15) is 0 Å². The minimum absolute atomic E-state index is 0.524. The molecule has 2 rings (SSSR count). The Balaban J connectivity index is 2.06. The third-order valence-electron chi connectivity index (χ3n) is 3.02. The van der Waals surface area contributed by atoms with Gasteiger partial charge in [-0.1, -0.05) is 29.8 Å². The van der Waals surface area contributed by atoms with Gasteiger partial charge in [-0.3, -0.25) is 9.78 Å². The molecule has 0 radical (unpaired) electrons. The first-order valence-corrected chi connectivity index (χ1v) is 6.42. The Morgan fingerprint density at radius 3 is 2.58 bits per heavy atom. The molecule has 0 saturated heterocycles. The second-order valence-electron chi connectivity index (χ2n) is 4.34. The summed E-state index contributed by atoms with van der Waals surface area (Å²) in [5.41, 5.74) is 1.82. The smallest absolute Gasteiger partial charge is 0.311 e. The molecule has 2 aromatic rings. The van der Waals surface area contributed by atoms with E-state index in [4.69, 9.17) is 11.6 Å². The number of aliphatic carboxylic acids is 1. The topological polar surface area (TPSA) is 50.2 Å². The molecule has 1 aromatic heterocycles. The van der Waals surface area contributed by atoms with E-state index < -0.39 is 11.9 Å². The summed E-state index contributed by atoms with van der Waals surface area (Å²) in [7, 11) is 0. The van der Waals surface area contributed by atoms with Crippen LogP contribution in [-0.4, -0.2) is 16.1 Å². The van der Waals surface area contributed by atoms with Gasteiger partial charge in [-0.25, -0.2) is 0 Å². The minimum atomic E-state index is -0.818. The summed E-state index contributed by atoms with van der Waals surface area (Å²) in [5, 5.41) is 9.99. The van der Waals surface area contributed by atoms with Gasteiger partial charge < -0.3 is 5.11 Å². The van der Waals surface area contributed by atoms with Crippen LogP contribution >= 0.6 is 11.6 Å². The summed E-state index contributed by atoms with van der Waals surface area (Å²) in [5.74, 6) is -1.34. The van der Waals surface area contributed by atoms with Crippen LogP contribution in [0.3, 0.4) is 0 Å². The summed E-state index contributed by atoms with van der Waals surface area (Å²) in [4.78, 5) is 15.3. The van der Waals surface area contributed by atoms with Crippen molar-refractivity contribution in [3.63, 3.8) is 0 Å². The van der Waals surface area contributed by atoms with Crippen molar-refractivity contribution in [2.45, 2.75) is 18.8 Å². The lowest BCUT2D eigenvalue weighted by Gasteiger charge is -2.12. The summed E-state index contributed by atoms with van der Waals surface area (Å²) >= 11 is 5.82.